The average Bonchev–Trinajstić information content (AvgIpc) is 3.03. The molecule has 1 aromatic rings. The van der Waals surface area contributed by atoms with Gasteiger partial charge in [0.2, 0.25) is 0 Å². The smallest absolute Gasteiger partial charge is 0.142 e. The number of hydrogen-bond acceptors (Lipinski definition) is 2. The predicted molar refractivity (Wildman–Crippen MR) is 63.2 cm³/mol. The first-order valence-corrected chi connectivity index (χ1v) is 6.12. The summed E-state index contributed by atoms with van der Waals surface area (Å²) in [5.74, 6) is -0.432. The summed E-state index contributed by atoms with van der Waals surface area (Å²) in [5.41, 5.74) is 0.752. The van der Waals surface area contributed by atoms with Crippen LogP contribution in [0.3, 0.4) is 0 Å². The molecule has 0 amide bonds. The molecule has 1 aromatic carbocycles. The standard InChI is InChI=1S/C11H11BrClFO2/c1-6(15-4-7-5-16-7)8-2-11(14)10(13)3-9(8)12/h2-3,6-7H,4-5H2,1H3/t6-,7+/m1/s1. The first kappa shape index (κ1) is 12.3. The van der Waals surface area contributed by atoms with Gasteiger partial charge in [0, 0.05) is 4.47 Å². The van der Waals surface area contributed by atoms with Crippen LogP contribution in [0.25, 0.3) is 0 Å². The maximum atomic E-state index is 13.3. The van der Waals surface area contributed by atoms with Gasteiger partial charge in [-0.15, -0.1) is 0 Å². The summed E-state index contributed by atoms with van der Waals surface area (Å²) in [4.78, 5) is 0. The highest BCUT2D eigenvalue weighted by molar-refractivity contribution is 9.10. The van der Waals surface area contributed by atoms with Crippen LogP contribution in [0.4, 0.5) is 4.39 Å². The van der Waals surface area contributed by atoms with Crippen LogP contribution in [0.5, 0.6) is 0 Å². The first-order valence-electron chi connectivity index (χ1n) is 4.95. The molecular weight excluding hydrogens is 298 g/mol. The van der Waals surface area contributed by atoms with Gasteiger partial charge in [-0.05, 0) is 24.6 Å². The van der Waals surface area contributed by atoms with Crippen molar-refractivity contribution in [1.29, 1.82) is 0 Å². The number of epoxide rings is 1. The summed E-state index contributed by atoms with van der Waals surface area (Å²) < 4.78 is 24.6. The van der Waals surface area contributed by atoms with E-state index in [1.54, 1.807) is 6.07 Å². The second kappa shape index (κ2) is 5.00. The lowest BCUT2D eigenvalue weighted by molar-refractivity contribution is 0.0533. The maximum Gasteiger partial charge on any atom is 0.142 e. The highest BCUT2D eigenvalue weighted by Crippen LogP contribution is 2.31. The Kier molecular flexibility index (Phi) is 3.85. The molecule has 0 unspecified atom stereocenters. The SMILES string of the molecule is C[C@@H](OC[C@H]1CO1)c1cc(F)c(Cl)cc1Br. The monoisotopic (exact) mass is 308 g/mol. The zero-order valence-corrected chi connectivity index (χ0v) is 11.0. The van der Waals surface area contributed by atoms with Crippen LogP contribution in [-0.2, 0) is 9.47 Å². The van der Waals surface area contributed by atoms with E-state index < -0.39 is 5.82 Å². The lowest BCUT2D eigenvalue weighted by atomic mass is 10.1. The third-order valence-electron chi connectivity index (χ3n) is 2.41. The minimum Gasteiger partial charge on any atom is -0.371 e. The molecular formula is C11H11BrClFO2. The third-order valence-corrected chi connectivity index (χ3v) is 3.39. The van der Waals surface area contributed by atoms with Crippen molar-refractivity contribution in [2.75, 3.05) is 13.2 Å². The minimum absolute atomic E-state index is 0.105. The van der Waals surface area contributed by atoms with Crippen molar-refractivity contribution in [1.82, 2.24) is 0 Å². The van der Waals surface area contributed by atoms with Gasteiger partial charge in [0.1, 0.15) is 11.9 Å². The van der Waals surface area contributed by atoms with Crippen LogP contribution in [-0.4, -0.2) is 19.3 Å². The van der Waals surface area contributed by atoms with E-state index in [0.29, 0.717) is 6.61 Å². The molecule has 16 heavy (non-hydrogen) atoms. The van der Waals surface area contributed by atoms with Crippen molar-refractivity contribution >= 4 is 27.5 Å². The molecule has 1 saturated heterocycles. The van der Waals surface area contributed by atoms with Gasteiger partial charge >= 0.3 is 0 Å². The summed E-state index contributed by atoms with van der Waals surface area (Å²) in [6, 6.07) is 2.94. The van der Waals surface area contributed by atoms with Crippen molar-refractivity contribution < 1.29 is 13.9 Å². The highest BCUT2D eigenvalue weighted by atomic mass is 79.9. The summed E-state index contributed by atoms with van der Waals surface area (Å²) in [6.07, 6.45) is 0.0173. The number of rotatable bonds is 4. The van der Waals surface area contributed by atoms with Crippen LogP contribution in [0.1, 0.15) is 18.6 Å². The van der Waals surface area contributed by atoms with Gasteiger partial charge in [0.05, 0.1) is 24.3 Å². The van der Waals surface area contributed by atoms with Crippen molar-refractivity contribution in [3.05, 3.63) is 33.0 Å². The van der Waals surface area contributed by atoms with Crippen molar-refractivity contribution in [3.63, 3.8) is 0 Å². The van der Waals surface area contributed by atoms with Gasteiger partial charge in [-0.25, -0.2) is 4.39 Å². The Hall–Kier alpha value is -0.160. The molecule has 88 valence electrons. The maximum absolute atomic E-state index is 13.3. The van der Waals surface area contributed by atoms with Crippen LogP contribution < -0.4 is 0 Å². The Labute approximate surface area is 107 Å². The second-order valence-electron chi connectivity index (χ2n) is 3.72. The van der Waals surface area contributed by atoms with E-state index in [-0.39, 0.29) is 17.2 Å². The van der Waals surface area contributed by atoms with Gasteiger partial charge < -0.3 is 9.47 Å². The molecule has 1 fully saturated rings. The molecule has 0 aromatic heterocycles. The molecule has 0 radical (unpaired) electrons. The molecule has 0 bridgehead atoms. The molecule has 0 spiro atoms. The van der Waals surface area contributed by atoms with E-state index in [0.717, 1.165) is 16.6 Å². The summed E-state index contributed by atoms with van der Waals surface area (Å²) in [7, 11) is 0. The van der Waals surface area contributed by atoms with Crippen LogP contribution in [0.2, 0.25) is 5.02 Å². The van der Waals surface area contributed by atoms with Gasteiger partial charge in [-0.3, -0.25) is 0 Å². The van der Waals surface area contributed by atoms with E-state index >= 15 is 0 Å². The minimum atomic E-state index is -0.432. The molecule has 0 saturated carbocycles. The fourth-order valence-corrected chi connectivity index (χ4v) is 2.32. The Morgan fingerprint density at radius 1 is 1.69 bits per heavy atom. The zero-order chi connectivity index (χ0) is 11.7. The van der Waals surface area contributed by atoms with Crippen molar-refractivity contribution in [3.8, 4) is 0 Å². The average molecular weight is 310 g/mol. The summed E-state index contributed by atoms with van der Waals surface area (Å²) >= 11 is 9.00. The molecule has 5 heteroatoms. The quantitative estimate of drug-likeness (QED) is 0.624. The van der Waals surface area contributed by atoms with E-state index in [1.165, 1.54) is 6.07 Å². The first-order chi connectivity index (χ1) is 7.58. The number of benzene rings is 1. The van der Waals surface area contributed by atoms with E-state index in [9.17, 15) is 4.39 Å². The van der Waals surface area contributed by atoms with Crippen LogP contribution in [0.15, 0.2) is 16.6 Å². The van der Waals surface area contributed by atoms with Crippen molar-refractivity contribution in [2.45, 2.75) is 19.1 Å². The van der Waals surface area contributed by atoms with Gasteiger partial charge in [0.15, 0.2) is 0 Å². The van der Waals surface area contributed by atoms with E-state index in [2.05, 4.69) is 15.9 Å². The summed E-state index contributed by atoms with van der Waals surface area (Å²) in [5, 5.41) is 0.105. The Morgan fingerprint density at radius 2 is 2.38 bits per heavy atom. The normalized spacial score (nSPS) is 20.9. The number of halogens is 3. The van der Waals surface area contributed by atoms with Gasteiger partial charge in [-0.2, -0.15) is 0 Å². The number of hydrogen-bond donors (Lipinski definition) is 0. The van der Waals surface area contributed by atoms with E-state index in [4.69, 9.17) is 21.1 Å². The van der Waals surface area contributed by atoms with Gasteiger partial charge in [-0.1, -0.05) is 27.5 Å². The van der Waals surface area contributed by atoms with Crippen LogP contribution in [0, 0.1) is 5.82 Å². The molecule has 2 atom stereocenters. The molecule has 1 aliphatic rings. The van der Waals surface area contributed by atoms with Gasteiger partial charge in [0.25, 0.3) is 0 Å². The molecule has 0 N–H and O–H groups in total. The lowest BCUT2D eigenvalue weighted by Crippen LogP contribution is -2.07. The fourth-order valence-electron chi connectivity index (χ4n) is 1.36. The van der Waals surface area contributed by atoms with E-state index in [1.807, 2.05) is 6.92 Å². The number of ether oxygens (including phenoxy) is 2. The fraction of sp³-hybridized carbons (Fsp3) is 0.455. The Bertz CT molecular complexity index is 396. The lowest BCUT2D eigenvalue weighted by Gasteiger charge is -2.15. The van der Waals surface area contributed by atoms with Crippen LogP contribution >= 0.6 is 27.5 Å². The molecule has 1 heterocycles. The summed E-state index contributed by atoms with van der Waals surface area (Å²) in [6.45, 7) is 3.16. The topological polar surface area (TPSA) is 21.8 Å². The largest absolute Gasteiger partial charge is 0.371 e. The highest BCUT2D eigenvalue weighted by Gasteiger charge is 2.24. The second-order valence-corrected chi connectivity index (χ2v) is 4.98. The predicted octanol–water partition coefficient (Wildman–Crippen LogP) is 3.72. The Morgan fingerprint density at radius 3 is 3.00 bits per heavy atom. The molecule has 2 nitrogen and oxygen atoms in total. The molecule has 1 aliphatic heterocycles. The Balaban J connectivity index is 2.08. The van der Waals surface area contributed by atoms with Crippen molar-refractivity contribution in [2.24, 2.45) is 0 Å². The zero-order valence-electron chi connectivity index (χ0n) is 8.67. The third kappa shape index (κ3) is 2.94. The molecule has 2 rings (SSSR count). The molecule has 0 aliphatic carbocycles.